The second-order valence-electron chi connectivity index (χ2n) is 4.19. The van der Waals surface area contributed by atoms with Crippen LogP contribution in [0.5, 0.6) is 0 Å². The summed E-state index contributed by atoms with van der Waals surface area (Å²) in [5, 5.41) is 13.5. The lowest BCUT2D eigenvalue weighted by Gasteiger charge is -2.07. The molecule has 0 bridgehead atoms. The Kier molecular flexibility index (Phi) is 3.74. The number of rotatable bonds is 3. The summed E-state index contributed by atoms with van der Waals surface area (Å²) in [6, 6.07) is 9.79. The molecule has 0 fully saturated rings. The molecule has 1 N–H and O–H groups in total. The van der Waals surface area contributed by atoms with Gasteiger partial charge in [-0.3, -0.25) is 14.9 Å². The van der Waals surface area contributed by atoms with E-state index in [0.29, 0.717) is 5.56 Å². The predicted octanol–water partition coefficient (Wildman–Crippen LogP) is 3.29. The Labute approximate surface area is 114 Å². The van der Waals surface area contributed by atoms with E-state index in [1.165, 1.54) is 24.3 Å². The Balaban J connectivity index is 2.35. The number of benzene rings is 2. The largest absolute Gasteiger partial charge is 0.322 e. The Bertz CT molecular complexity index is 686. The molecule has 20 heavy (non-hydrogen) atoms. The van der Waals surface area contributed by atoms with Crippen LogP contribution < -0.4 is 5.32 Å². The van der Waals surface area contributed by atoms with Gasteiger partial charge in [0.05, 0.1) is 4.92 Å². The molecule has 6 heteroatoms. The van der Waals surface area contributed by atoms with Crippen LogP contribution in [0.1, 0.15) is 15.9 Å². The molecule has 0 aliphatic carbocycles. The van der Waals surface area contributed by atoms with Crippen LogP contribution >= 0.6 is 0 Å². The molecular formula is C14H11FN2O3. The average Bonchev–Trinajstić information content (AvgIpc) is 2.37. The SMILES string of the molecule is Cc1cccc(C(=O)Nc2cccc(F)c2)c1[N+](=O)[O-]. The van der Waals surface area contributed by atoms with Crippen molar-refractivity contribution in [1.82, 2.24) is 0 Å². The van der Waals surface area contributed by atoms with Gasteiger partial charge in [-0.15, -0.1) is 0 Å². The van der Waals surface area contributed by atoms with E-state index in [4.69, 9.17) is 0 Å². The number of nitrogens with one attached hydrogen (secondary N) is 1. The smallest absolute Gasteiger partial charge is 0.285 e. The molecule has 2 aromatic carbocycles. The lowest BCUT2D eigenvalue weighted by atomic mass is 10.1. The second kappa shape index (κ2) is 5.48. The van der Waals surface area contributed by atoms with E-state index in [0.717, 1.165) is 6.07 Å². The number of nitro benzene ring substituents is 1. The fraction of sp³-hybridized carbons (Fsp3) is 0.0714. The number of para-hydroxylation sites is 1. The van der Waals surface area contributed by atoms with Gasteiger partial charge in [0, 0.05) is 11.3 Å². The summed E-state index contributed by atoms with van der Waals surface area (Å²) >= 11 is 0. The summed E-state index contributed by atoms with van der Waals surface area (Å²) in [5.74, 6) is -1.15. The fourth-order valence-electron chi connectivity index (χ4n) is 1.85. The molecule has 0 saturated carbocycles. The Morgan fingerprint density at radius 3 is 2.60 bits per heavy atom. The first kappa shape index (κ1) is 13.7. The zero-order chi connectivity index (χ0) is 14.7. The molecule has 5 nitrogen and oxygen atoms in total. The molecule has 0 spiro atoms. The number of hydrogen-bond acceptors (Lipinski definition) is 3. The first-order valence-corrected chi connectivity index (χ1v) is 5.80. The zero-order valence-corrected chi connectivity index (χ0v) is 10.6. The molecule has 0 heterocycles. The van der Waals surface area contributed by atoms with E-state index in [1.807, 2.05) is 0 Å². The predicted molar refractivity (Wildman–Crippen MR) is 72.2 cm³/mol. The van der Waals surface area contributed by atoms with Gasteiger partial charge in [-0.05, 0) is 31.2 Å². The van der Waals surface area contributed by atoms with Crippen molar-refractivity contribution < 1.29 is 14.1 Å². The van der Waals surface area contributed by atoms with Gasteiger partial charge in [0.15, 0.2) is 0 Å². The lowest BCUT2D eigenvalue weighted by molar-refractivity contribution is -0.385. The summed E-state index contributed by atoms with van der Waals surface area (Å²) in [7, 11) is 0. The van der Waals surface area contributed by atoms with E-state index in [1.54, 1.807) is 19.1 Å². The van der Waals surface area contributed by atoms with Crippen molar-refractivity contribution in [2.75, 3.05) is 5.32 Å². The van der Waals surface area contributed by atoms with E-state index in [2.05, 4.69) is 5.32 Å². The number of amides is 1. The van der Waals surface area contributed by atoms with Crippen molar-refractivity contribution in [3.8, 4) is 0 Å². The normalized spacial score (nSPS) is 10.1. The third-order valence-corrected chi connectivity index (χ3v) is 2.75. The summed E-state index contributed by atoms with van der Waals surface area (Å²) in [4.78, 5) is 22.5. The van der Waals surface area contributed by atoms with Crippen LogP contribution in [0.3, 0.4) is 0 Å². The summed E-state index contributed by atoms with van der Waals surface area (Å²) < 4.78 is 13.0. The van der Waals surface area contributed by atoms with Gasteiger partial charge in [-0.1, -0.05) is 18.2 Å². The number of carbonyl (C=O) groups is 1. The number of anilines is 1. The van der Waals surface area contributed by atoms with Crippen LogP contribution in [0, 0.1) is 22.9 Å². The minimum Gasteiger partial charge on any atom is -0.322 e. The van der Waals surface area contributed by atoms with Gasteiger partial charge in [0.25, 0.3) is 11.6 Å². The minimum atomic E-state index is -0.647. The maximum absolute atomic E-state index is 13.0. The number of nitro groups is 1. The third-order valence-electron chi connectivity index (χ3n) is 2.75. The topological polar surface area (TPSA) is 72.2 Å². The number of carbonyl (C=O) groups excluding carboxylic acids is 1. The molecule has 0 aromatic heterocycles. The average molecular weight is 274 g/mol. The number of nitrogens with zero attached hydrogens (tertiary/aromatic N) is 1. The van der Waals surface area contributed by atoms with E-state index in [9.17, 15) is 19.3 Å². The molecule has 0 saturated heterocycles. The molecule has 0 radical (unpaired) electrons. The lowest BCUT2D eigenvalue weighted by Crippen LogP contribution is -2.14. The van der Waals surface area contributed by atoms with Crippen LogP contribution in [0.25, 0.3) is 0 Å². The van der Waals surface area contributed by atoms with Crippen LogP contribution in [-0.4, -0.2) is 10.8 Å². The highest BCUT2D eigenvalue weighted by Crippen LogP contribution is 2.24. The first-order valence-electron chi connectivity index (χ1n) is 5.80. The fourth-order valence-corrected chi connectivity index (χ4v) is 1.85. The summed E-state index contributed by atoms with van der Waals surface area (Å²) in [5.41, 5.74) is 0.327. The molecule has 0 unspecified atom stereocenters. The Morgan fingerprint density at radius 1 is 1.25 bits per heavy atom. The van der Waals surface area contributed by atoms with Crippen molar-refractivity contribution in [3.05, 3.63) is 69.5 Å². The maximum atomic E-state index is 13.0. The quantitative estimate of drug-likeness (QED) is 0.689. The van der Waals surface area contributed by atoms with Gasteiger partial charge in [0.1, 0.15) is 11.4 Å². The van der Waals surface area contributed by atoms with Gasteiger partial charge in [-0.25, -0.2) is 4.39 Å². The van der Waals surface area contributed by atoms with Crippen molar-refractivity contribution in [2.45, 2.75) is 6.92 Å². The molecule has 0 aliphatic rings. The zero-order valence-electron chi connectivity index (χ0n) is 10.6. The number of aryl methyl sites for hydroxylation is 1. The highest BCUT2D eigenvalue weighted by molar-refractivity contribution is 6.07. The molecular weight excluding hydrogens is 263 g/mol. The monoisotopic (exact) mass is 274 g/mol. The van der Waals surface area contributed by atoms with Gasteiger partial charge in [0.2, 0.25) is 0 Å². The number of hydrogen-bond donors (Lipinski definition) is 1. The van der Waals surface area contributed by atoms with Crippen molar-refractivity contribution >= 4 is 17.3 Å². The standard InChI is InChI=1S/C14H11FN2O3/c1-9-4-2-7-12(13(9)17(19)20)14(18)16-11-6-3-5-10(15)8-11/h2-8H,1H3,(H,16,18). The van der Waals surface area contributed by atoms with Crippen molar-refractivity contribution in [1.29, 1.82) is 0 Å². The van der Waals surface area contributed by atoms with E-state index >= 15 is 0 Å². The molecule has 1 amide bonds. The number of halogens is 1. The molecule has 0 atom stereocenters. The van der Waals surface area contributed by atoms with Crippen LogP contribution in [0.4, 0.5) is 15.8 Å². The minimum absolute atomic E-state index is 0.0562. The molecule has 102 valence electrons. The summed E-state index contributed by atoms with van der Waals surface area (Å²) in [6.07, 6.45) is 0. The van der Waals surface area contributed by atoms with Crippen LogP contribution in [0.15, 0.2) is 42.5 Å². The maximum Gasteiger partial charge on any atom is 0.285 e. The molecule has 2 aromatic rings. The van der Waals surface area contributed by atoms with Crippen LogP contribution in [0.2, 0.25) is 0 Å². The van der Waals surface area contributed by atoms with Gasteiger partial charge >= 0.3 is 0 Å². The second-order valence-corrected chi connectivity index (χ2v) is 4.19. The first-order chi connectivity index (χ1) is 9.49. The summed E-state index contributed by atoms with van der Waals surface area (Å²) in [6.45, 7) is 1.55. The highest BCUT2D eigenvalue weighted by atomic mass is 19.1. The van der Waals surface area contributed by atoms with E-state index in [-0.39, 0.29) is 16.9 Å². The van der Waals surface area contributed by atoms with E-state index < -0.39 is 16.6 Å². The molecule has 2 rings (SSSR count). The Morgan fingerprint density at radius 2 is 1.95 bits per heavy atom. The van der Waals surface area contributed by atoms with Crippen molar-refractivity contribution in [3.63, 3.8) is 0 Å². The third kappa shape index (κ3) is 2.80. The molecule has 0 aliphatic heterocycles. The Hall–Kier alpha value is -2.76. The van der Waals surface area contributed by atoms with Gasteiger partial charge in [-0.2, -0.15) is 0 Å². The highest BCUT2D eigenvalue weighted by Gasteiger charge is 2.22. The van der Waals surface area contributed by atoms with Gasteiger partial charge < -0.3 is 5.32 Å². The van der Waals surface area contributed by atoms with Crippen LogP contribution in [-0.2, 0) is 0 Å². The van der Waals surface area contributed by atoms with Crippen molar-refractivity contribution in [2.24, 2.45) is 0 Å².